The van der Waals surface area contributed by atoms with Crippen molar-refractivity contribution in [3.63, 3.8) is 0 Å². The summed E-state index contributed by atoms with van der Waals surface area (Å²) < 4.78 is 18.4. The zero-order valence-electron chi connectivity index (χ0n) is 11.0. The Bertz CT molecular complexity index is 563. The molecule has 4 heteroatoms. The lowest BCUT2D eigenvalue weighted by atomic mass is 10.2. The number of rotatable bonds is 5. The molecule has 1 aromatic carbocycles. The molecule has 0 unspecified atom stereocenters. The molecule has 0 bridgehead atoms. The van der Waals surface area contributed by atoms with Gasteiger partial charge in [0.1, 0.15) is 11.6 Å². The first-order chi connectivity index (χ1) is 9.20. The van der Waals surface area contributed by atoms with Crippen LogP contribution in [0.3, 0.4) is 0 Å². The number of nitrogens with zero attached hydrogens (tertiary/aromatic N) is 2. The number of hydrogen-bond acceptors (Lipinski definition) is 3. The maximum Gasteiger partial charge on any atom is 0.140 e. The van der Waals surface area contributed by atoms with Gasteiger partial charge in [-0.15, -0.1) is 0 Å². The highest BCUT2D eigenvalue weighted by Gasteiger charge is 2.27. The average molecular weight is 260 g/mol. The summed E-state index contributed by atoms with van der Waals surface area (Å²) in [4.78, 5) is 2.10. The number of benzene rings is 1. The van der Waals surface area contributed by atoms with Gasteiger partial charge in [-0.3, -0.25) is 4.90 Å². The second-order valence-corrected chi connectivity index (χ2v) is 5.30. The molecule has 1 aliphatic rings. The number of aromatic nitrogens is 1. The molecule has 0 amide bonds. The van der Waals surface area contributed by atoms with Crippen LogP contribution in [0, 0.1) is 5.82 Å². The van der Waals surface area contributed by atoms with E-state index in [1.165, 1.54) is 18.9 Å². The third-order valence-corrected chi connectivity index (χ3v) is 3.33. The minimum absolute atomic E-state index is 0.191. The van der Waals surface area contributed by atoms with Gasteiger partial charge in [0, 0.05) is 25.1 Å². The summed E-state index contributed by atoms with van der Waals surface area (Å²) >= 11 is 0. The first-order valence-corrected chi connectivity index (χ1v) is 6.59. The molecule has 1 saturated carbocycles. The second-order valence-electron chi connectivity index (χ2n) is 5.30. The van der Waals surface area contributed by atoms with E-state index in [4.69, 9.17) is 4.52 Å². The van der Waals surface area contributed by atoms with Gasteiger partial charge in [0.25, 0.3) is 0 Å². The third kappa shape index (κ3) is 3.20. The van der Waals surface area contributed by atoms with E-state index in [1.54, 1.807) is 12.1 Å². The zero-order valence-corrected chi connectivity index (χ0v) is 11.0. The van der Waals surface area contributed by atoms with E-state index in [0.717, 1.165) is 17.0 Å². The Morgan fingerprint density at radius 1 is 1.32 bits per heavy atom. The van der Waals surface area contributed by atoms with Crippen molar-refractivity contribution in [2.75, 3.05) is 7.05 Å². The maximum absolute atomic E-state index is 13.1. The van der Waals surface area contributed by atoms with Crippen molar-refractivity contribution < 1.29 is 8.91 Å². The molecule has 0 spiro atoms. The summed E-state index contributed by atoms with van der Waals surface area (Å²) in [5.41, 5.74) is 1.91. The average Bonchev–Trinajstić information content (AvgIpc) is 3.11. The predicted octanol–water partition coefficient (Wildman–Crippen LogP) is 3.32. The molecule has 1 heterocycles. The maximum atomic E-state index is 13.1. The Hall–Kier alpha value is -1.68. The highest BCUT2D eigenvalue weighted by Crippen LogP contribution is 2.40. The van der Waals surface area contributed by atoms with Crippen molar-refractivity contribution in [3.05, 3.63) is 53.2 Å². The Kier molecular flexibility index (Phi) is 3.34. The van der Waals surface area contributed by atoms with Crippen LogP contribution in [0.25, 0.3) is 0 Å². The SMILES string of the molecule is CN(Cc1cccc(F)c1)Cc1cc(C2CC2)on1. The Morgan fingerprint density at radius 3 is 2.89 bits per heavy atom. The predicted molar refractivity (Wildman–Crippen MR) is 70.0 cm³/mol. The smallest absolute Gasteiger partial charge is 0.140 e. The topological polar surface area (TPSA) is 29.3 Å². The van der Waals surface area contributed by atoms with Crippen molar-refractivity contribution in [3.8, 4) is 0 Å². The summed E-state index contributed by atoms with van der Waals surface area (Å²) in [7, 11) is 2.00. The molecule has 0 atom stereocenters. The van der Waals surface area contributed by atoms with Gasteiger partial charge in [-0.1, -0.05) is 17.3 Å². The molecule has 0 N–H and O–H groups in total. The fourth-order valence-electron chi connectivity index (χ4n) is 2.24. The summed E-state index contributed by atoms with van der Waals surface area (Å²) in [6, 6.07) is 8.73. The molecule has 2 aromatic rings. The zero-order chi connectivity index (χ0) is 13.2. The Labute approximate surface area is 112 Å². The second kappa shape index (κ2) is 5.13. The van der Waals surface area contributed by atoms with E-state index in [1.807, 2.05) is 19.2 Å². The van der Waals surface area contributed by atoms with E-state index in [2.05, 4.69) is 10.1 Å². The first-order valence-electron chi connectivity index (χ1n) is 6.59. The van der Waals surface area contributed by atoms with Crippen molar-refractivity contribution >= 4 is 0 Å². The first kappa shape index (κ1) is 12.4. The van der Waals surface area contributed by atoms with Gasteiger partial charge in [0.15, 0.2) is 0 Å². The fraction of sp³-hybridized carbons (Fsp3) is 0.400. The third-order valence-electron chi connectivity index (χ3n) is 3.33. The van der Waals surface area contributed by atoms with Crippen molar-refractivity contribution in [2.24, 2.45) is 0 Å². The molecule has 100 valence electrons. The molecule has 3 rings (SSSR count). The highest BCUT2D eigenvalue weighted by molar-refractivity contribution is 5.17. The summed E-state index contributed by atoms with van der Waals surface area (Å²) in [6.45, 7) is 1.41. The fourth-order valence-corrected chi connectivity index (χ4v) is 2.24. The molecule has 1 aliphatic carbocycles. The Balaban J connectivity index is 1.59. The normalized spacial score (nSPS) is 15.1. The van der Waals surface area contributed by atoms with Crippen LogP contribution >= 0.6 is 0 Å². The van der Waals surface area contributed by atoms with E-state index in [0.29, 0.717) is 19.0 Å². The van der Waals surface area contributed by atoms with Gasteiger partial charge < -0.3 is 4.52 Å². The van der Waals surface area contributed by atoms with Gasteiger partial charge in [-0.2, -0.15) is 0 Å². The monoisotopic (exact) mass is 260 g/mol. The van der Waals surface area contributed by atoms with E-state index < -0.39 is 0 Å². The molecule has 0 radical (unpaired) electrons. The molecule has 0 saturated heterocycles. The van der Waals surface area contributed by atoms with Crippen LogP contribution in [0.5, 0.6) is 0 Å². The van der Waals surface area contributed by atoms with Gasteiger partial charge in [0.2, 0.25) is 0 Å². The van der Waals surface area contributed by atoms with Crippen LogP contribution in [-0.2, 0) is 13.1 Å². The molecule has 0 aliphatic heterocycles. The lowest BCUT2D eigenvalue weighted by molar-refractivity contribution is 0.300. The van der Waals surface area contributed by atoms with E-state index in [9.17, 15) is 4.39 Å². The summed E-state index contributed by atoms with van der Waals surface area (Å²) in [5.74, 6) is 1.41. The molecular formula is C15H17FN2O. The van der Waals surface area contributed by atoms with Gasteiger partial charge in [0.05, 0.1) is 5.69 Å². The standard InChI is InChI=1S/C15H17FN2O/c1-18(9-11-3-2-4-13(16)7-11)10-14-8-15(19-17-14)12-5-6-12/h2-4,7-8,12H,5-6,9-10H2,1H3. The Morgan fingerprint density at radius 2 is 2.16 bits per heavy atom. The number of hydrogen-bond donors (Lipinski definition) is 0. The molecule has 1 aromatic heterocycles. The van der Waals surface area contributed by atoms with Crippen LogP contribution in [-0.4, -0.2) is 17.1 Å². The minimum atomic E-state index is -0.191. The lowest BCUT2D eigenvalue weighted by Gasteiger charge is -2.14. The van der Waals surface area contributed by atoms with Crippen molar-refractivity contribution in [1.82, 2.24) is 10.1 Å². The minimum Gasteiger partial charge on any atom is -0.361 e. The molecule has 19 heavy (non-hydrogen) atoms. The van der Waals surface area contributed by atoms with Crippen LogP contribution in [0.4, 0.5) is 4.39 Å². The van der Waals surface area contributed by atoms with Gasteiger partial charge >= 0.3 is 0 Å². The quantitative estimate of drug-likeness (QED) is 0.825. The van der Waals surface area contributed by atoms with Gasteiger partial charge in [-0.05, 0) is 37.6 Å². The van der Waals surface area contributed by atoms with Crippen LogP contribution in [0.15, 0.2) is 34.9 Å². The largest absolute Gasteiger partial charge is 0.361 e. The number of halogens is 1. The van der Waals surface area contributed by atoms with Gasteiger partial charge in [-0.25, -0.2) is 4.39 Å². The summed E-state index contributed by atoms with van der Waals surface area (Å²) in [5, 5.41) is 4.09. The highest BCUT2D eigenvalue weighted by atomic mass is 19.1. The summed E-state index contributed by atoms with van der Waals surface area (Å²) in [6.07, 6.45) is 2.43. The van der Waals surface area contributed by atoms with Crippen LogP contribution in [0.2, 0.25) is 0 Å². The molecule has 3 nitrogen and oxygen atoms in total. The van der Waals surface area contributed by atoms with E-state index >= 15 is 0 Å². The van der Waals surface area contributed by atoms with Crippen LogP contribution in [0.1, 0.15) is 35.8 Å². The molecule has 1 fully saturated rings. The van der Waals surface area contributed by atoms with Crippen LogP contribution < -0.4 is 0 Å². The van der Waals surface area contributed by atoms with Crippen molar-refractivity contribution in [1.29, 1.82) is 0 Å². The lowest BCUT2D eigenvalue weighted by Crippen LogP contribution is -2.17. The molecular weight excluding hydrogens is 243 g/mol. The van der Waals surface area contributed by atoms with E-state index in [-0.39, 0.29) is 5.82 Å². The van der Waals surface area contributed by atoms with Crippen molar-refractivity contribution in [2.45, 2.75) is 31.8 Å².